The SMILES string of the molecule is COc1c(Cl)cc(/C=N\NC(=O)c2ccc(C)cc2)cc1Cl. The molecule has 0 unspecified atom stereocenters. The van der Waals surface area contributed by atoms with Gasteiger partial charge in [-0.05, 0) is 36.8 Å². The van der Waals surface area contributed by atoms with Crippen LogP contribution in [0.4, 0.5) is 0 Å². The summed E-state index contributed by atoms with van der Waals surface area (Å²) >= 11 is 12.1. The Morgan fingerprint density at radius 1 is 1.18 bits per heavy atom. The number of halogens is 2. The molecular weight excluding hydrogens is 323 g/mol. The number of amides is 1. The second kappa shape index (κ2) is 7.29. The molecule has 0 saturated carbocycles. The third kappa shape index (κ3) is 4.00. The van der Waals surface area contributed by atoms with Gasteiger partial charge in [-0.1, -0.05) is 40.9 Å². The minimum Gasteiger partial charge on any atom is -0.494 e. The topological polar surface area (TPSA) is 50.7 Å². The number of rotatable bonds is 4. The first-order valence-electron chi connectivity index (χ1n) is 6.44. The van der Waals surface area contributed by atoms with E-state index in [2.05, 4.69) is 10.5 Å². The van der Waals surface area contributed by atoms with Crippen molar-refractivity contribution in [1.82, 2.24) is 5.43 Å². The lowest BCUT2D eigenvalue weighted by Crippen LogP contribution is -2.17. The number of hydrazone groups is 1. The Morgan fingerprint density at radius 3 is 2.32 bits per heavy atom. The van der Waals surface area contributed by atoms with Gasteiger partial charge in [-0.2, -0.15) is 5.10 Å². The number of carbonyl (C=O) groups excluding carboxylic acids is 1. The molecule has 0 aliphatic heterocycles. The maximum absolute atomic E-state index is 11.9. The van der Waals surface area contributed by atoms with Gasteiger partial charge in [0.25, 0.3) is 5.91 Å². The predicted molar refractivity (Wildman–Crippen MR) is 89.3 cm³/mol. The number of nitrogens with one attached hydrogen (secondary N) is 1. The van der Waals surface area contributed by atoms with Gasteiger partial charge in [-0.25, -0.2) is 5.43 Å². The summed E-state index contributed by atoms with van der Waals surface area (Å²) in [5, 5.41) is 4.65. The summed E-state index contributed by atoms with van der Waals surface area (Å²) < 4.78 is 5.06. The van der Waals surface area contributed by atoms with E-state index >= 15 is 0 Å². The molecule has 2 aromatic carbocycles. The monoisotopic (exact) mass is 336 g/mol. The Hall–Kier alpha value is -2.04. The van der Waals surface area contributed by atoms with Gasteiger partial charge in [0.05, 0.1) is 23.4 Å². The highest BCUT2D eigenvalue weighted by molar-refractivity contribution is 6.37. The van der Waals surface area contributed by atoms with Crippen LogP contribution in [0.15, 0.2) is 41.5 Å². The van der Waals surface area contributed by atoms with E-state index in [1.807, 2.05) is 19.1 Å². The number of benzene rings is 2. The van der Waals surface area contributed by atoms with Crippen LogP contribution in [0.25, 0.3) is 0 Å². The molecule has 0 atom stereocenters. The van der Waals surface area contributed by atoms with Crippen LogP contribution in [0.1, 0.15) is 21.5 Å². The maximum atomic E-state index is 11.9. The first kappa shape index (κ1) is 16.3. The minimum absolute atomic E-state index is 0.290. The average molecular weight is 337 g/mol. The molecule has 22 heavy (non-hydrogen) atoms. The first-order chi connectivity index (χ1) is 10.5. The maximum Gasteiger partial charge on any atom is 0.271 e. The fourth-order valence-electron chi connectivity index (χ4n) is 1.78. The Kier molecular flexibility index (Phi) is 5.41. The van der Waals surface area contributed by atoms with Crippen molar-refractivity contribution in [2.24, 2.45) is 5.10 Å². The summed E-state index contributed by atoms with van der Waals surface area (Å²) in [7, 11) is 1.49. The minimum atomic E-state index is -0.290. The van der Waals surface area contributed by atoms with Crippen LogP contribution in [0.5, 0.6) is 5.75 Å². The van der Waals surface area contributed by atoms with Gasteiger partial charge in [-0.3, -0.25) is 4.79 Å². The van der Waals surface area contributed by atoms with Crippen molar-refractivity contribution in [1.29, 1.82) is 0 Å². The standard InChI is InChI=1S/C16H14Cl2N2O2/c1-10-3-5-12(6-4-10)16(21)20-19-9-11-7-13(17)15(22-2)14(18)8-11/h3-9H,1-2H3,(H,20,21)/b19-9-. The number of hydrogen-bond donors (Lipinski definition) is 1. The van der Waals surface area contributed by atoms with Crippen LogP contribution in [0.2, 0.25) is 10.0 Å². The molecule has 114 valence electrons. The average Bonchev–Trinajstić information content (AvgIpc) is 2.47. The molecule has 0 bridgehead atoms. The zero-order chi connectivity index (χ0) is 16.1. The van der Waals surface area contributed by atoms with Gasteiger partial charge in [0.1, 0.15) is 0 Å². The van der Waals surface area contributed by atoms with E-state index in [1.54, 1.807) is 24.3 Å². The molecule has 1 N–H and O–H groups in total. The van der Waals surface area contributed by atoms with Gasteiger partial charge >= 0.3 is 0 Å². The van der Waals surface area contributed by atoms with E-state index in [0.717, 1.165) is 5.56 Å². The zero-order valence-corrected chi connectivity index (χ0v) is 13.6. The molecule has 0 aromatic heterocycles. The quantitative estimate of drug-likeness (QED) is 0.675. The molecule has 0 aliphatic carbocycles. The normalized spacial score (nSPS) is 10.7. The highest BCUT2D eigenvalue weighted by Crippen LogP contribution is 2.33. The summed E-state index contributed by atoms with van der Waals surface area (Å²) in [6, 6.07) is 10.5. The number of methoxy groups -OCH3 is 1. The van der Waals surface area contributed by atoms with Crippen molar-refractivity contribution in [3.05, 3.63) is 63.1 Å². The number of carbonyl (C=O) groups is 1. The van der Waals surface area contributed by atoms with Gasteiger partial charge in [0.15, 0.2) is 5.75 Å². The molecule has 2 rings (SSSR count). The summed E-state index contributed by atoms with van der Waals surface area (Å²) in [6.45, 7) is 1.96. The van der Waals surface area contributed by atoms with E-state index < -0.39 is 0 Å². The van der Waals surface area contributed by atoms with E-state index in [1.165, 1.54) is 13.3 Å². The molecule has 0 fully saturated rings. The van der Waals surface area contributed by atoms with Gasteiger partial charge < -0.3 is 4.74 Å². The second-order valence-corrected chi connectivity index (χ2v) is 5.40. The van der Waals surface area contributed by atoms with E-state index in [9.17, 15) is 4.79 Å². The number of ether oxygens (including phenoxy) is 1. The van der Waals surface area contributed by atoms with Crippen LogP contribution >= 0.6 is 23.2 Å². The lowest BCUT2D eigenvalue weighted by molar-refractivity contribution is 0.0955. The summed E-state index contributed by atoms with van der Waals surface area (Å²) in [4.78, 5) is 11.9. The lowest BCUT2D eigenvalue weighted by atomic mass is 10.1. The summed E-state index contributed by atoms with van der Waals surface area (Å²) in [5.74, 6) is 0.117. The van der Waals surface area contributed by atoms with E-state index in [0.29, 0.717) is 26.9 Å². The zero-order valence-electron chi connectivity index (χ0n) is 12.1. The Balaban J connectivity index is 2.06. The van der Waals surface area contributed by atoms with Crippen molar-refractivity contribution in [2.75, 3.05) is 7.11 Å². The number of aryl methyl sites for hydroxylation is 1. The van der Waals surface area contributed by atoms with Gasteiger partial charge in [0.2, 0.25) is 0 Å². The summed E-state index contributed by atoms with van der Waals surface area (Å²) in [6.07, 6.45) is 1.46. The van der Waals surface area contributed by atoms with Crippen molar-refractivity contribution in [3.8, 4) is 5.75 Å². The molecule has 0 radical (unpaired) electrons. The highest BCUT2D eigenvalue weighted by atomic mass is 35.5. The molecule has 0 spiro atoms. The van der Waals surface area contributed by atoms with Crippen LogP contribution in [0, 0.1) is 6.92 Å². The van der Waals surface area contributed by atoms with Crippen molar-refractivity contribution < 1.29 is 9.53 Å². The largest absolute Gasteiger partial charge is 0.494 e. The molecule has 0 heterocycles. The van der Waals surface area contributed by atoms with Crippen molar-refractivity contribution in [3.63, 3.8) is 0 Å². The summed E-state index contributed by atoms with van der Waals surface area (Å²) in [5.41, 5.74) is 4.72. The highest BCUT2D eigenvalue weighted by Gasteiger charge is 2.08. The van der Waals surface area contributed by atoms with Crippen LogP contribution < -0.4 is 10.2 Å². The smallest absolute Gasteiger partial charge is 0.271 e. The van der Waals surface area contributed by atoms with Gasteiger partial charge in [-0.15, -0.1) is 0 Å². The molecule has 2 aromatic rings. The number of hydrogen-bond acceptors (Lipinski definition) is 3. The molecule has 4 nitrogen and oxygen atoms in total. The first-order valence-corrected chi connectivity index (χ1v) is 7.20. The Bertz CT molecular complexity index is 690. The van der Waals surface area contributed by atoms with E-state index in [-0.39, 0.29) is 5.91 Å². The van der Waals surface area contributed by atoms with Crippen molar-refractivity contribution in [2.45, 2.75) is 6.92 Å². The Morgan fingerprint density at radius 2 is 1.77 bits per heavy atom. The fraction of sp³-hybridized carbons (Fsp3) is 0.125. The molecular formula is C16H14Cl2N2O2. The molecule has 1 amide bonds. The Labute approximate surface area is 138 Å². The van der Waals surface area contributed by atoms with Crippen LogP contribution in [0.3, 0.4) is 0 Å². The van der Waals surface area contributed by atoms with Gasteiger partial charge in [0, 0.05) is 5.56 Å². The van der Waals surface area contributed by atoms with E-state index in [4.69, 9.17) is 27.9 Å². The second-order valence-electron chi connectivity index (χ2n) is 4.58. The molecule has 0 aliphatic rings. The molecule has 6 heteroatoms. The fourth-order valence-corrected chi connectivity index (χ4v) is 2.44. The number of nitrogens with zero attached hydrogens (tertiary/aromatic N) is 1. The van der Waals surface area contributed by atoms with Crippen LogP contribution in [-0.2, 0) is 0 Å². The molecule has 0 saturated heterocycles. The van der Waals surface area contributed by atoms with Crippen LogP contribution in [-0.4, -0.2) is 19.2 Å². The third-order valence-electron chi connectivity index (χ3n) is 2.92. The third-order valence-corrected chi connectivity index (χ3v) is 3.48. The predicted octanol–water partition coefficient (Wildman–Crippen LogP) is 4.07. The van der Waals surface area contributed by atoms with Crippen molar-refractivity contribution >= 4 is 35.3 Å². The lowest BCUT2D eigenvalue weighted by Gasteiger charge is -2.06.